The third-order valence-corrected chi connectivity index (χ3v) is 7.13. The van der Waals surface area contributed by atoms with Crippen molar-refractivity contribution in [2.45, 2.75) is 44.2 Å². The van der Waals surface area contributed by atoms with Gasteiger partial charge in [0.1, 0.15) is 0 Å². The van der Waals surface area contributed by atoms with Gasteiger partial charge in [0.2, 0.25) is 0 Å². The van der Waals surface area contributed by atoms with E-state index >= 15 is 0 Å². The molecule has 3 fully saturated rings. The molecule has 6 nitrogen and oxygen atoms in total. The van der Waals surface area contributed by atoms with Crippen molar-refractivity contribution in [3.63, 3.8) is 0 Å². The van der Waals surface area contributed by atoms with Crippen LogP contribution < -0.4 is 5.32 Å². The zero-order valence-corrected chi connectivity index (χ0v) is 17.9. The van der Waals surface area contributed by atoms with E-state index in [-0.39, 0.29) is 23.7 Å². The van der Waals surface area contributed by atoms with Gasteiger partial charge in [-0.3, -0.25) is 24.8 Å². The summed E-state index contributed by atoms with van der Waals surface area (Å²) in [7, 11) is 0. The Labute approximate surface area is 183 Å². The number of carbonyl (C=O) groups excluding carboxylic acids is 2. The van der Waals surface area contributed by atoms with Crippen LogP contribution >= 0.6 is 0 Å². The largest absolute Gasteiger partial charge is 0.337 e. The van der Waals surface area contributed by atoms with Crippen molar-refractivity contribution in [2.24, 2.45) is 5.92 Å². The summed E-state index contributed by atoms with van der Waals surface area (Å²) < 4.78 is 0. The van der Waals surface area contributed by atoms with Crippen molar-refractivity contribution in [2.75, 3.05) is 26.3 Å². The van der Waals surface area contributed by atoms with Crippen LogP contribution in [-0.2, 0) is 4.79 Å². The molecule has 3 heterocycles. The first kappa shape index (κ1) is 20.3. The Balaban J connectivity index is 1.13. The van der Waals surface area contributed by atoms with Gasteiger partial charge in [0.05, 0.1) is 12.0 Å². The predicted octanol–water partition coefficient (Wildman–Crippen LogP) is 2.95. The minimum atomic E-state index is -0.0630. The fraction of sp³-hybridized carbons (Fsp3) is 0.480. The van der Waals surface area contributed by atoms with Gasteiger partial charge in [0.25, 0.3) is 5.91 Å². The highest BCUT2D eigenvalue weighted by Gasteiger charge is 2.39. The van der Waals surface area contributed by atoms with E-state index in [0.717, 1.165) is 37.2 Å². The number of carbonyl (C=O) groups is 2. The lowest BCUT2D eigenvalue weighted by Gasteiger charge is -2.40. The van der Waals surface area contributed by atoms with Gasteiger partial charge in [-0.2, -0.15) is 0 Å². The number of ketones is 1. The summed E-state index contributed by atoms with van der Waals surface area (Å²) in [6, 6.07) is 12.2. The van der Waals surface area contributed by atoms with E-state index in [1.807, 2.05) is 36.4 Å². The first-order valence-corrected chi connectivity index (χ1v) is 11.5. The quantitative estimate of drug-likeness (QED) is 0.809. The standard InChI is InChI=1S/C25H30N4O2/c30-24(23-5-2-14-28(17-27-23)22-3-1-4-22)21-15-29(16-21)25(31)20-8-6-18(7-9-20)19-10-12-26-13-11-19/h6-13,21-23,27H,1-5,14-17H2. The van der Waals surface area contributed by atoms with Gasteiger partial charge in [-0.25, -0.2) is 0 Å². The van der Waals surface area contributed by atoms with Crippen molar-refractivity contribution in [1.29, 1.82) is 0 Å². The summed E-state index contributed by atoms with van der Waals surface area (Å²) in [4.78, 5) is 34.1. The van der Waals surface area contributed by atoms with Crippen LogP contribution in [0.4, 0.5) is 0 Å². The van der Waals surface area contributed by atoms with Crippen molar-refractivity contribution in [3.8, 4) is 11.1 Å². The number of benzene rings is 1. The van der Waals surface area contributed by atoms with E-state index in [1.165, 1.54) is 19.3 Å². The average Bonchev–Trinajstić information content (AvgIpc) is 2.98. The van der Waals surface area contributed by atoms with E-state index in [4.69, 9.17) is 0 Å². The number of aromatic nitrogens is 1. The lowest BCUT2D eigenvalue weighted by molar-refractivity contribution is -0.129. The predicted molar refractivity (Wildman–Crippen MR) is 119 cm³/mol. The van der Waals surface area contributed by atoms with Crippen LogP contribution in [0.15, 0.2) is 48.8 Å². The smallest absolute Gasteiger partial charge is 0.253 e. The maximum Gasteiger partial charge on any atom is 0.253 e. The van der Waals surface area contributed by atoms with Gasteiger partial charge >= 0.3 is 0 Å². The molecule has 6 heteroatoms. The molecule has 2 saturated heterocycles. The summed E-state index contributed by atoms with van der Waals surface area (Å²) in [6.45, 7) is 2.98. The number of hydrogen-bond acceptors (Lipinski definition) is 5. The summed E-state index contributed by atoms with van der Waals surface area (Å²) >= 11 is 0. The molecule has 1 aromatic heterocycles. The number of pyridine rings is 1. The van der Waals surface area contributed by atoms with Gasteiger partial charge in [0, 0.05) is 43.8 Å². The normalized spacial score (nSPS) is 23.0. The Morgan fingerprint density at radius 2 is 1.61 bits per heavy atom. The molecule has 162 valence electrons. The average molecular weight is 419 g/mol. The zero-order valence-electron chi connectivity index (χ0n) is 17.9. The molecule has 1 aliphatic carbocycles. The van der Waals surface area contributed by atoms with E-state index in [9.17, 15) is 9.59 Å². The molecule has 1 amide bonds. The Bertz CT molecular complexity index is 920. The monoisotopic (exact) mass is 418 g/mol. The molecular formula is C25H30N4O2. The van der Waals surface area contributed by atoms with Gasteiger partial charge in [-0.15, -0.1) is 0 Å². The third kappa shape index (κ3) is 4.27. The number of rotatable bonds is 5. The molecule has 1 N–H and O–H groups in total. The zero-order chi connectivity index (χ0) is 21.2. The van der Waals surface area contributed by atoms with Gasteiger partial charge < -0.3 is 4.90 Å². The molecule has 1 saturated carbocycles. The van der Waals surface area contributed by atoms with Gasteiger partial charge in [-0.05, 0) is 67.6 Å². The van der Waals surface area contributed by atoms with E-state index in [0.29, 0.717) is 24.7 Å². The fourth-order valence-corrected chi connectivity index (χ4v) is 4.85. The van der Waals surface area contributed by atoms with Gasteiger partial charge in [-0.1, -0.05) is 18.6 Å². The molecule has 1 atom stereocenters. The van der Waals surface area contributed by atoms with Crippen LogP contribution in [0.5, 0.6) is 0 Å². The molecule has 3 aliphatic rings. The number of nitrogens with zero attached hydrogens (tertiary/aromatic N) is 3. The number of amides is 1. The fourth-order valence-electron chi connectivity index (χ4n) is 4.85. The second-order valence-electron chi connectivity index (χ2n) is 9.08. The topological polar surface area (TPSA) is 65.5 Å². The first-order chi connectivity index (χ1) is 15.2. The van der Waals surface area contributed by atoms with Crippen LogP contribution in [0, 0.1) is 5.92 Å². The Hall–Kier alpha value is -2.57. The highest BCUT2D eigenvalue weighted by molar-refractivity contribution is 5.97. The second kappa shape index (κ2) is 8.89. The van der Waals surface area contributed by atoms with Crippen LogP contribution in [0.1, 0.15) is 42.5 Å². The van der Waals surface area contributed by atoms with E-state index in [1.54, 1.807) is 17.3 Å². The van der Waals surface area contributed by atoms with Crippen molar-refractivity contribution < 1.29 is 9.59 Å². The molecule has 5 rings (SSSR count). The molecule has 0 radical (unpaired) electrons. The second-order valence-corrected chi connectivity index (χ2v) is 9.08. The molecule has 2 aliphatic heterocycles. The third-order valence-electron chi connectivity index (χ3n) is 7.13. The Kier molecular flexibility index (Phi) is 5.83. The highest BCUT2D eigenvalue weighted by Crippen LogP contribution is 2.27. The van der Waals surface area contributed by atoms with Gasteiger partial charge in [0.15, 0.2) is 5.78 Å². The number of Topliss-reactive ketones (excluding diaryl/α,β-unsaturated/α-hetero) is 1. The summed E-state index contributed by atoms with van der Waals surface area (Å²) in [6.07, 6.45) is 9.43. The van der Waals surface area contributed by atoms with Crippen LogP contribution in [0.3, 0.4) is 0 Å². The van der Waals surface area contributed by atoms with Crippen LogP contribution in [0.25, 0.3) is 11.1 Å². The van der Waals surface area contributed by atoms with Crippen LogP contribution in [0.2, 0.25) is 0 Å². The molecule has 2 aromatic rings. The molecule has 31 heavy (non-hydrogen) atoms. The van der Waals surface area contributed by atoms with Crippen molar-refractivity contribution in [3.05, 3.63) is 54.4 Å². The number of likely N-dealkylation sites (tertiary alicyclic amines) is 1. The summed E-state index contributed by atoms with van der Waals surface area (Å²) in [5, 5.41) is 3.50. The molecule has 1 aromatic carbocycles. The lowest BCUT2D eigenvalue weighted by Crippen LogP contribution is -2.57. The number of nitrogens with one attached hydrogen (secondary N) is 1. The summed E-state index contributed by atoms with van der Waals surface area (Å²) in [5.41, 5.74) is 2.81. The minimum absolute atomic E-state index is 0.00955. The Morgan fingerprint density at radius 3 is 2.29 bits per heavy atom. The SMILES string of the molecule is O=C(C1CN(C(=O)c2ccc(-c3ccncc3)cc2)C1)C1CCCN(C2CCC2)CN1. The van der Waals surface area contributed by atoms with Crippen molar-refractivity contribution >= 4 is 11.7 Å². The Morgan fingerprint density at radius 1 is 0.903 bits per heavy atom. The van der Waals surface area contributed by atoms with E-state index in [2.05, 4.69) is 15.2 Å². The highest BCUT2D eigenvalue weighted by atomic mass is 16.2. The lowest BCUT2D eigenvalue weighted by atomic mass is 9.88. The molecule has 1 unspecified atom stereocenters. The summed E-state index contributed by atoms with van der Waals surface area (Å²) in [5.74, 6) is 0.260. The molecular weight excluding hydrogens is 388 g/mol. The van der Waals surface area contributed by atoms with Crippen LogP contribution in [-0.4, -0.2) is 64.9 Å². The first-order valence-electron chi connectivity index (χ1n) is 11.5. The maximum absolute atomic E-state index is 13.0. The molecule has 0 bridgehead atoms. The molecule has 0 spiro atoms. The van der Waals surface area contributed by atoms with Crippen molar-refractivity contribution in [1.82, 2.24) is 20.1 Å². The minimum Gasteiger partial charge on any atom is -0.337 e. The number of hydrogen-bond donors (Lipinski definition) is 1. The maximum atomic E-state index is 13.0. The van der Waals surface area contributed by atoms with E-state index < -0.39 is 0 Å².